The number of phenols is 1. The molecule has 0 atom stereocenters. The van der Waals surface area contributed by atoms with Gasteiger partial charge in [0.15, 0.2) is 0 Å². The summed E-state index contributed by atoms with van der Waals surface area (Å²) >= 11 is 0. The van der Waals surface area contributed by atoms with Gasteiger partial charge in [-0.2, -0.15) is 0 Å². The highest BCUT2D eigenvalue weighted by Crippen LogP contribution is 2.18. The average molecular weight is 315 g/mol. The summed E-state index contributed by atoms with van der Waals surface area (Å²) < 4.78 is 29.3. The van der Waals surface area contributed by atoms with Gasteiger partial charge in [0.05, 0.1) is 0 Å². The molecule has 0 heterocycles. The lowest BCUT2D eigenvalue weighted by Gasteiger charge is -2.28. The van der Waals surface area contributed by atoms with Gasteiger partial charge in [-0.25, -0.2) is 13.6 Å². The highest BCUT2D eigenvalue weighted by Gasteiger charge is 2.22. The molecule has 6 heteroatoms. The van der Waals surface area contributed by atoms with Crippen molar-refractivity contribution in [2.45, 2.75) is 58.4 Å². The smallest absolute Gasteiger partial charge is 0.407 e. The number of nitrogens with one attached hydrogen (secondary N) is 1. The average Bonchev–Trinajstić information content (AvgIpc) is 2.35. The van der Waals surface area contributed by atoms with Crippen molar-refractivity contribution in [1.29, 1.82) is 0 Å². The Morgan fingerprint density at radius 3 is 2.45 bits per heavy atom. The van der Waals surface area contributed by atoms with Gasteiger partial charge in [0.25, 0.3) is 0 Å². The largest absolute Gasteiger partial charge is 0.508 e. The topological polar surface area (TPSA) is 58.6 Å². The minimum Gasteiger partial charge on any atom is -0.508 e. The van der Waals surface area contributed by atoms with Gasteiger partial charge >= 0.3 is 6.09 Å². The third-order valence-corrected chi connectivity index (χ3v) is 3.00. The number of carbonyl (C=O) groups is 1. The number of alkyl halides is 1. The first-order valence-corrected chi connectivity index (χ1v) is 7.24. The van der Waals surface area contributed by atoms with Gasteiger partial charge in [0, 0.05) is 11.6 Å². The molecule has 0 saturated heterocycles. The first kappa shape index (κ1) is 18.2. The van der Waals surface area contributed by atoms with E-state index in [1.807, 2.05) is 20.8 Å². The molecule has 1 saturated carbocycles. The minimum atomic E-state index is -0.889. The molecule has 0 spiro atoms. The van der Waals surface area contributed by atoms with Crippen LogP contribution in [0.2, 0.25) is 0 Å². The van der Waals surface area contributed by atoms with Crippen LogP contribution in [0.25, 0.3) is 0 Å². The number of halogens is 2. The number of hydrogen-bond acceptors (Lipinski definition) is 3. The Balaban J connectivity index is 0.000000224. The molecule has 1 aromatic rings. The van der Waals surface area contributed by atoms with Crippen molar-refractivity contribution in [3.8, 4) is 5.75 Å². The van der Waals surface area contributed by atoms with E-state index in [-0.39, 0.29) is 23.0 Å². The van der Waals surface area contributed by atoms with Gasteiger partial charge in [0.1, 0.15) is 23.8 Å². The van der Waals surface area contributed by atoms with E-state index in [4.69, 9.17) is 9.84 Å². The van der Waals surface area contributed by atoms with E-state index < -0.39 is 12.5 Å². The zero-order chi connectivity index (χ0) is 16.8. The Hall–Kier alpha value is -1.85. The number of aromatic hydroxyl groups is 1. The van der Waals surface area contributed by atoms with Crippen LogP contribution in [-0.4, -0.2) is 22.8 Å². The molecular formula is C16H23F2NO3. The number of alkyl carbamates (subject to hydrolysis) is 1. The standard InChI is InChI=1S/C9H17NO2.C7H6F2O/c1-9(2,3)12-8(11)10-7-5-4-6-7;8-4-5-3-6(10)1-2-7(5)9/h7H,4-6H2,1-3H3,(H,10,11);1-3,10H,4H2. The second kappa shape index (κ2) is 7.96. The molecule has 1 aromatic carbocycles. The number of hydrogen-bond donors (Lipinski definition) is 2. The molecule has 4 nitrogen and oxygen atoms in total. The van der Waals surface area contributed by atoms with Gasteiger partial charge < -0.3 is 15.2 Å². The van der Waals surface area contributed by atoms with Crippen LogP contribution in [0.15, 0.2) is 18.2 Å². The van der Waals surface area contributed by atoms with Crippen LogP contribution in [-0.2, 0) is 11.4 Å². The molecule has 1 amide bonds. The lowest BCUT2D eigenvalue weighted by molar-refractivity contribution is 0.0480. The van der Waals surface area contributed by atoms with Crippen LogP contribution in [0.4, 0.5) is 13.6 Å². The Bertz CT molecular complexity index is 497. The number of ether oxygens (including phenoxy) is 1. The third kappa shape index (κ3) is 6.74. The molecule has 22 heavy (non-hydrogen) atoms. The van der Waals surface area contributed by atoms with Crippen LogP contribution in [0, 0.1) is 5.82 Å². The SMILES string of the molecule is CC(C)(C)OC(=O)NC1CCC1.Oc1ccc(F)c(CF)c1. The van der Waals surface area contributed by atoms with E-state index in [0.717, 1.165) is 25.0 Å². The molecule has 2 rings (SSSR count). The van der Waals surface area contributed by atoms with E-state index in [0.29, 0.717) is 6.04 Å². The molecule has 0 bridgehead atoms. The number of carbonyl (C=O) groups excluding carboxylic acids is 1. The molecule has 1 fully saturated rings. The maximum Gasteiger partial charge on any atom is 0.407 e. The Kier molecular flexibility index (Phi) is 6.59. The molecule has 0 aromatic heterocycles. The number of phenolic OH excluding ortho intramolecular Hbond substituents is 1. The van der Waals surface area contributed by atoms with Gasteiger partial charge in [-0.3, -0.25) is 0 Å². The normalized spacial score (nSPS) is 14.4. The van der Waals surface area contributed by atoms with Crippen LogP contribution in [0.3, 0.4) is 0 Å². The highest BCUT2D eigenvalue weighted by molar-refractivity contribution is 5.68. The van der Waals surface area contributed by atoms with Crippen molar-refractivity contribution in [2.75, 3.05) is 0 Å². The Labute approximate surface area is 129 Å². The van der Waals surface area contributed by atoms with Crippen molar-refractivity contribution >= 4 is 6.09 Å². The number of benzene rings is 1. The fourth-order valence-electron chi connectivity index (χ4n) is 1.69. The van der Waals surface area contributed by atoms with E-state index in [1.54, 1.807) is 0 Å². The maximum atomic E-state index is 12.4. The molecule has 2 N–H and O–H groups in total. The second-order valence-electron chi connectivity index (χ2n) is 6.18. The summed E-state index contributed by atoms with van der Waals surface area (Å²) in [6.07, 6.45) is 3.13. The first-order valence-electron chi connectivity index (χ1n) is 7.24. The summed E-state index contributed by atoms with van der Waals surface area (Å²) in [6.45, 7) is 4.72. The monoisotopic (exact) mass is 315 g/mol. The fourth-order valence-corrected chi connectivity index (χ4v) is 1.69. The molecule has 1 aliphatic rings. The van der Waals surface area contributed by atoms with Crippen LogP contribution in [0.1, 0.15) is 45.6 Å². The maximum absolute atomic E-state index is 12.4. The van der Waals surface area contributed by atoms with Crippen molar-refractivity contribution < 1.29 is 23.4 Å². The molecule has 0 radical (unpaired) electrons. The lowest BCUT2D eigenvalue weighted by atomic mass is 9.93. The summed E-state index contributed by atoms with van der Waals surface area (Å²) in [4.78, 5) is 11.1. The highest BCUT2D eigenvalue weighted by atomic mass is 19.1. The van der Waals surface area contributed by atoms with Crippen LogP contribution < -0.4 is 5.32 Å². The van der Waals surface area contributed by atoms with Gasteiger partial charge in [-0.15, -0.1) is 0 Å². The second-order valence-corrected chi connectivity index (χ2v) is 6.18. The molecule has 0 unspecified atom stereocenters. The van der Waals surface area contributed by atoms with E-state index in [1.165, 1.54) is 12.5 Å². The van der Waals surface area contributed by atoms with E-state index in [9.17, 15) is 13.6 Å². The Morgan fingerprint density at radius 1 is 1.41 bits per heavy atom. The third-order valence-electron chi connectivity index (χ3n) is 3.00. The predicted molar refractivity (Wildman–Crippen MR) is 79.9 cm³/mol. The molecular weight excluding hydrogens is 292 g/mol. The molecule has 1 aliphatic carbocycles. The summed E-state index contributed by atoms with van der Waals surface area (Å²) in [6, 6.07) is 3.63. The van der Waals surface area contributed by atoms with Crippen LogP contribution >= 0.6 is 0 Å². The van der Waals surface area contributed by atoms with E-state index >= 15 is 0 Å². The van der Waals surface area contributed by atoms with Gasteiger partial charge in [-0.05, 0) is 58.2 Å². The van der Waals surface area contributed by atoms with Crippen molar-refractivity contribution in [3.05, 3.63) is 29.6 Å². The number of amides is 1. The fraction of sp³-hybridized carbons (Fsp3) is 0.562. The van der Waals surface area contributed by atoms with Gasteiger partial charge in [0.2, 0.25) is 0 Å². The summed E-state index contributed by atoms with van der Waals surface area (Å²) in [5.74, 6) is -0.741. The summed E-state index contributed by atoms with van der Waals surface area (Å²) in [5.41, 5.74) is -0.492. The summed E-state index contributed by atoms with van der Waals surface area (Å²) in [7, 11) is 0. The lowest BCUT2D eigenvalue weighted by Crippen LogP contribution is -2.42. The minimum absolute atomic E-state index is 0.111. The first-order chi connectivity index (χ1) is 10.2. The van der Waals surface area contributed by atoms with Crippen molar-refractivity contribution in [2.24, 2.45) is 0 Å². The Morgan fingerprint density at radius 2 is 2.05 bits per heavy atom. The zero-order valence-electron chi connectivity index (χ0n) is 13.2. The van der Waals surface area contributed by atoms with Crippen molar-refractivity contribution in [1.82, 2.24) is 5.32 Å². The van der Waals surface area contributed by atoms with Gasteiger partial charge in [-0.1, -0.05) is 0 Å². The predicted octanol–water partition coefficient (Wildman–Crippen LogP) is 4.06. The van der Waals surface area contributed by atoms with E-state index in [2.05, 4.69) is 5.32 Å². The molecule has 124 valence electrons. The van der Waals surface area contributed by atoms with Crippen LogP contribution in [0.5, 0.6) is 5.75 Å². The van der Waals surface area contributed by atoms with Crippen molar-refractivity contribution in [3.63, 3.8) is 0 Å². The molecule has 0 aliphatic heterocycles. The number of rotatable bonds is 2. The summed E-state index contributed by atoms with van der Waals surface area (Å²) in [5, 5.41) is 11.5. The quantitative estimate of drug-likeness (QED) is 0.865. The zero-order valence-corrected chi connectivity index (χ0v) is 13.2.